The van der Waals surface area contributed by atoms with Crippen molar-refractivity contribution in [3.05, 3.63) is 59.4 Å². The summed E-state index contributed by atoms with van der Waals surface area (Å²) in [4.78, 5) is 26.8. The van der Waals surface area contributed by atoms with Gasteiger partial charge in [-0.05, 0) is 36.4 Å². The van der Waals surface area contributed by atoms with Crippen LogP contribution in [0.2, 0.25) is 5.02 Å². The molecule has 1 aromatic carbocycles. The summed E-state index contributed by atoms with van der Waals surface area (Å²) < 4.78 is 0. The molecule has 1 N–H and O–H groups in total. The molecule has 0 aliphatic carbocycles. The summed E-state index contributed by atoms with van der Waals surface area (Å²) in [6, 6.07) is 9.75. The zero-order chi connectivity index (χ0) is 14.4. The maximum atomic E-state index is 12.0. The normalized spacial score (nSPS) is 10.9. The quantitative estimate of drug-likeness (QED) is 0.302. The first-order valence-corrected chi connectivity index (χ1v) is 6.07. The number of halogens is 1. The Hall–Kier alpha value is -2.53. The number of ketones is 1. The fraction of sp³-hybridized carbons (Fsp3) is 0. The van der Waals surface area contributed by atoms with Crippen molar-refractivity contribution in [2.75, 3.05) is 5.43 Å². The van der Waals surface area contributed by atoms with Crippen molar-refractivity contribution in [1.29, 1.82) is 0 Å². The van der Waals surface area contributed by atoms with E-state index in [1.807, 2.05) is 0 Å². The molecule has 0 saturated carbocycles. The maximum absolute atomic E-state index is 12.0. The Morgan fingerprint density at radius 1 is 1.15 bits per heavy atom. The Labute approximate surface area is 120 Å². The van der Waals surface area contributed by atoms with E-state index >= 15 is 0 Å². The highest BCUT2D eigenvalue weighted by Gasteiger charge is 2.13. The maximum Gasteiger partial charge on any atom is 0.216 e. The largest absolute Gasteiger partial charge is 0.296 e. The molecule has 0 aliphatic heterocycles. The number of rotatable bonds is 5. The summed E-state index contributed by atoms with van der Waals surface area (Å²) in [5.41, 5.74) is 3.39. The summed E-state index contributed by atoms with van der Waals surface area (Å²) in [6.07, 6.45) is 3.36. The van der Waals surface area contributed by atoms with Crippen molar-refractivity contribution in [3.63, 3.8) is 0 Å². The Kier molecular flexibility index (Phi) is 4.57. The van der Waals surface area contributed by atoms with Gasteiger partial charge in [0, 0.05) is 23.0 Å². The number of hydrogen-bond acceptors (Lipinski definition) is 5. The van der Waals surface area contributed by atoms with Crippen LogP contribution >= 0.6 is 11.6 Å². The minimum Gasteiger partial charge on any atom is -0.296 e. The SMILES string of the molecule is O=C/C(=N/Nc1ccc(Cl)cc1)C(=O)c1ccncc1. The molecule has 2 rings (SSSR count). The lowest BCUT2D eigenvalue weighted by molar-refractivity contribution is -0.102. The van der Waals surface area contributed by atoms with E-state index in [1.54, 1.807) is 24.3 Å². The molecule has 2 aromatic rings. The highest BCUT2D eigenvalue weighted by atomic mass is 35.5. The standard InChI is InChI=1S/C14H10ClN3O2/c15-11-1-3-12(4-2-11)17-18-13(9-19)14(20)10-5-7-16-8-6-10/h1-9,17H/b18-13-. The number of nitrogens with zero attached hydrogens (tertiary/aromatic N) is 2. The van der Waals surface area contributed by atoms with Crippen LogP contribution in [0.4, 0.5) is 5.69 Å². The Balaban J connectivity index is 2.15. The van der Waals surface area contributed by atoms with Gasteiger partial charge in [0.05, 0.1) is 5.69 Å². The molecule has 1 aromatic heterocycles. The molecule has 0 aliphatic rings. The van der Waals surface area contributed by atoms with Crippen molar-refractivity contribution in [1.82, 2.24) is 4.98 Å². The van der Waals surface area contributed by atoms with Crippen LogP contribution in [0.25, 0.3) is 0 Å². The molecule has 0 unspecified atom stereocenters. The number of hydrazone groups is 1. The summed E-state index contributed by atoms with van der Waals surface area (Å²) in [7, 11) is 0. The van der Waals surface area contributed by atoms with Gasteiger partial charge in [-0.25, -0.2) is 0 Å². The predicted molar refractivity (Wildman–Crippen MR) is 77.1 cm³/mol. The van der Waals surface area contributed by atoms with Crippen LogP contribution in [0.5, 0.6) is 0 Å². The number of benzene rings is 1. The van der Waals surface area contributed by atoms with Crippen LogP contribution in [-0.2, 0) is 4.79 Å². The molecular formula is C14H10ClN3O2. The number of nitrogens with one attached hydrogen (secondary N) is 1. The van der Waals surface area contributed by atoms with Gasteiger partial charge in [0.1, 0.15) is 0 Å². The first kappa shape index (κ1) is 13.9. The number of anilines is 1. The Bertz CT molecular complexity index is 639. The molecule has 20 heavy (non-hydrogen) atoms. The number of aromatic nitrogens is 1. The van der Waals surface area contributed by atoms with Crippen LogP contribution in [-0.4, -0.2) is 22.8 Å². The number of carbonyl (C=O) groups excluding carboxylic acids is 2. The minimum atomic E-state index is -0.469. The molecule has 0 fully saturated rings. The summed E-state index contributed by atoms with van der Waals surface area (Å²) in [6.45, 7) is 0. The number of aldehydes is 1. The van der Waals surface area contributed by atoms with Crippen LogP contribution in [0.1, 0.15) is 10.4 Å². The molecule has 0 saturated heterocycles. The van der Waals surface area contributed by atoms with Gasteiger partial charge >= 0.3 is 0 Å². The van der Waals surface area contributed by atoms with Gasteiger partial charge < -0.3 is 0 Å². The topological polar surface area (TPSA) is 71.4 Å². The molecule has 0 amide bonds. The fourth-order valence-electron chi connectivity index (χ4n) is 1.43. The molecule has 1 heterocycles. The first-order valence-electron chi connectivity index (χ1n) is 5.70. The zero-order valence-corrected chi connectivity index (χ0v) is 11.0. The van der Waals surface area contributed by atoms with Crippen molar-refractivity contribution < 1.29 is 9.59 Å². The lowest BCUT2D eigenvalue weighted by atomic mass is 10.1. The molecule has 0 atom stereocenters. The second kappa shape index (κ2) is 6.58. The van der Waals surface area contributed by atoms with E-state index in [1.165, 1.54) is 24.5 Å². The van der Waals surface area contributed by atoms with Crippen molar-refractivity contribution in [3.8, 4) is 0 Å². The van der Waals surface area contributed by atoms with Gasteiger partial charge in [-0.3, -0.25) is 20.0 Å². The van der Waals surface area contributed by atoms with Gasteiger partial charge in [-0.2, -0.15) is 5.10 Å². The lowest BCUT2D eigenvalue weighted by Gasteiger charge is -2.02. The second-order valence-electron chi connectivity index (χ2n) is 3.80. The fourth-order valence-corrected chi connectivity index (χ4v) is 1.56. The van der Waals surface area contributed by atoms with Gasteiger partial charge in [-0.15, -0.1) is 0 Å². The Morgan fingerprint density at radius 3 is 2.40 bits per heavy atom. The van der Waals surface area contributed by atoms with E-state index in [9.17, 15) is 9.59 Å². The average molecular weight is 288 g/mol. The molecule has 100 valence electrons. The van der Waals surface area contributed by atoms with Crippen molar-refractivity contribution in [2.45, 2.75) is 0 Å². The molecule has 5 nitrogen and oxygen atoms in total. The summed E-state index contributed by atoms with van der Waals surface area (Å²) in [5.74, 6) is -0.469. The monoisotopic (exact) mass is 287 g/mol. The van der Waals surface area contributed by atoms with Gasteiger partial charge in [0.25, 0.3) is 0 Å². The van der Waals surface area contributed by atoms with Gasteiger partial charge in [0.15, 0.2) is 12.0 Å². The third kappa shape index (κ3) is 3.49. The third-order valence-electron chi connectivity index (χ3n) is 2.44. The van der Waals surface area contributed by atoms with Crippen LogP contribution in [0, 0.1) is 0 Å². The van der Waals surface area contributed by atoms with Crippen LogP contribution in [0.3, 0.4) is 0 Å². The predicted octanol–water partition coefficient (Wildman–Crippen LogP) is 2.58. The zero-order valence-electron chi connectivity index (χ0n) is 10.3. The van der Waals surface area contributed by atoms with E-state index in [-0.39, 0.29) is 5.71 Å². The van der Waals surface area contributed by atoms with E-state index in [2.05, 4.69) is 15.5 Å². The van der Waals surface area contributed by atoms with Gasteiger partial charge in [0.2, 0.25) is 5.78 Å². The molecule has 0 spiro atoms. The summed E-state index contributed by atoms with van der Waals surface area (Å²) in [5, 5.41) is 4.39. The van der Waals surface area contributed by atoms with Gasteiger partial charge in [-0.1, -0.05) is 11.6 Å². The third-order valence-corrected chi connectivity index (χ3v) is 2.69. The first-order chi connectivity index (χ1) is 9.70. The van der Waals surface area contributed by atoms with E-state index in [0.717, 1.165) is 0 Å². The lowest BCUT2D eigenvalue weighted by Crippen LogP contribution is -2.17. The van der Waals surface area contributed by atoms with Crippen molar-refractivity contribution >= 4 is 35.1 Å². The average Bonchev–Trinajstić information content (AvgIpc) is 2.50. The summed E-state index contributed by atoms with van der Waals surface area (Å²) >= 11 is 5.75. The van der Waals surface area contributed by atoms with E-state index in [0.29, 0.717) is 22.6 Å². The number of hydrogen-bond donors (Lipinski definition) is 1. The van der Waals surface area contributed by atoms with E-state index < -0.39 is 5.78 Å². The van der Waals surface area contributed by atoms with Crippen LogP contribution in [0.15, 0.2) is 53.9 Å². The van der Waals surface area contributed by atoms with Crippen molar-refractivity contribution in [2.24, 2.45) is 5.10 Å². The molecule has 6 heteroatoms. The highest BCUT2D eigenvalue weighted by molar-refractivity contribution is 6.63. The number of Topliss-reactive ketones (excluding diaryl/α,β-unsaturated/α-hetero) is 1. The molecular weight excluding hydrogens is 278 g/mol. The van der Waals surface area contributed by atoms with Crippen LogP contribution < -0.4 is 5.43 Å². The molecule has 0 bridgehead atoms. The number of carbonyl (C=O) groups is 2. The number of pyridine rings is 1. The smallest absolute Gasteiger partial charge is 0.216 e. The minimum absolute atomic E-state index is 0.217. The molecule has 0 radical (unpaired) electrons. The highest BCUT2D eigenvalue weighted by Crippen LogP contribution is 2.13. The Morgan fingerprint density at radius 2 is 1.80 bits per heavy atom. The van der Waals surface area contributed by atoms with E-state index in [4.69, 9.17) is 11.6 Å². The second-order valence-corrected chi connectivity index (χ2v) is 4.24.